The number of nitrogens with one attached hydrogen (secondary N) is 1. The van der Waals surface area contributed by atoms with E-state index in [1.54, 1.807) is 6.08 Å². The number of hydrogen-bond donors (Lipinski definition) is 1. The molecule has 0 unspecified atom stereocenters. The highest BCUT2D eigenvalue weighted by Crippen LogP contribution is 2.38. The van der Waals surface area contributed by atoms with Crippen molar-refractivity contribution < 1.29 is 27.1 Å². The van der Waals surface area contributed by atoms with Gasteiger partial charge in [-0.05, 0) is 49.1 Å². The van der Waals surface area contributed by atoms with Crippen molar-refractivity contribution in [3.8, 4) is 11.5 Å². The molecule has 3 aliphatic heterocycles. The van der Waals surface area contributed by atoms with Gasteiger partial charge in [0.1, 0.15) is 10.7 Å². The number of ether oxygens (including phenoxy) is 2. The van der Waals surface area contributed by atoms with Crippen LogP contribution in [0, 0.1) is 11.7 Å². The molecule has 0 amide bonds. The number of hydrogen-bond acceptors (Lipinski definition) is 6. The van der Waals surface area contributed by atoms with Crippen molar-refractivity contribution in [2.24, 2.45) is 5.92 Å². The van der Waals surface area contributed by atoms with E-state index in [9.17, 15) is 17.6 Å². The third kappa shape index (κ3) is 3.75. The Labute approximate surface area is 185 Å². The molecule has 1 saturated heterocycles. The summed E-state index contributed by atoms with van der Waals surface area (Å²) in [6.45, 7) is 1.26. The zero-order valence-corrected chi connectivity index (χ0v) is 18.2. The van der Waals surface area contributed by atoms with Crippen LogP contribution in [0.1, 0.15) is 24.0 Å². The van der Waals surface area contributed by atoms with Crippen molar-refractivity contribution >= 4 is 21.5 Å². The summed E-state index contributed by atoms with van der Waals surface area (Å²) in [4.78, 5) is 12.7. The average molecular weight is 459 g/mol. The third-order valence-electron chi connectivity index (χ3n) is 6.20. The molecule has 5 rings (SSSR count). The number of allylic oxidation sites excluding steroid dienone is 1. The fraction of sp³-hybridized carbons (Fsp3) is 0.348. The normalized spacial score (nSPS) is 20.1. The zero-order chi connectivity index (χ0) is 22.3. The highest BCUT2D eigenvalue weighted by atomic mass is 32.2. The minimum absolute atomic E-state index is 0.0408. The molecule has 1 N–H and O–H groups in total. The van der Waals surface area contributed by atoms with E-state index in [-0.39, 0.29) is 36.5 Å². The summed E-state index contributed by atoms with van der Waals surface area (Å²) < 4.78 is 51.8. The molecule has 0 aromatic heterocycles. The van der Waals surface area contributed by atoms with E-state index in [1.807, 2.05) is 12.1 Å². The lowest BCUT2D eigenvalue weighted by atomic mass is 9.90. The second kappa shape index (κ2) is 8.22. The standard InChI is InChI=1S/C23H23FN2O5S/c24-18-3-1-2-4-23(18)32(28,29)26-9-6-15(7-10-26)20(27)13-19-17-12-22-21(30-14-31-22)11-16(17)5-8-25-19/h1-4,11-13,15,25H,5-10,14H2. The van der Waals surface area contributed by atoms with Gasteiger partial charge in [-0.15, -0.1) is 0 Å². The first-order valence-corrected chi connectivity index (χ1v) is 12.0. The van der Waals surface area contributed by atoms with Crippen LogP contribution in [0.25, 0.3) is 5.70 Å². The van der Waals surface area contributed by atoms with Crippen LogP contribution in [0.15, 0.2) is 47.4 Å². The average Bonchev–Trinajstić information content (AvgIpc) is 3.25. The topological polar surface area (TPSA) is 84.9 Å². The zero-order valence-electron chi connectivity index (χ0n) is 17.3. The van der Waals surface area contributed by atoms with E-state index >= 15 is 0 Å². The number of carbonyl (C=O) groups excluding carboxylic acids is 1. The number of fused-ring (bicyclic) bond motifs is 2. The maximum atomic E-state index is 14.0. The number of benzene rings is 2. The first-order valence-electron chi connectivity index (χ1n) is 10.6. The van der Waals surface area contributed by atoms with E-state index in [4.69, 9.17) is 9.47 Å². The van der Waals surface area contributed by atoms with Crippen LogP contribution in [0.3, 0.4) is 0 Å². The van der Waals surface area contributed by atoms with Crippen molar-refractivity contribution in [3.63, 3.8) is 0 Å². The number of carbonyl (C=O) groups is 1. The minimum Gasteiger partial charge on any atom is -0.454 e. The number of sulfonamides is 1. The lowest BCUT2D eigenvalue weighted by molar-refractivity contribution is -0.119. The van der Waals surface area contributed by atoms with Crippen LogP contribution in [-0.2, 0) is 21.2 Å². The second-order valence-corrected chi connectivity index (χ2v) is 10.0. The van der Waals surface area contributed by atoms with Gasteiger partial charge >= 0.3 is 0 Å². The van der Waals surface area contributed by atoms with Gasteiger partial charge in [0.2, 0.25) is 16.8 Å². The van der Waals surface area contributed by atoms with Crippen molar-refractivity contribution in [1.82, 2.24) is 9.62 Å². The third-order valence-corrected chi connectivity index (χ3v) is 8.13. The highest BCUT2D eigenvalue weighted by Gasteiger charge is 2.33. The molecule has 1 fully saturated rings. The van der Waals surface area contributed by atoms with E-state index in [0.29, 0.717) is 25.1 Å². The summed E-state index contributed by atoms with van der Waals surface area (Å²) in [7, 11) is -3.92. The maximum Gasteiger partial charge on any atom is 0.245 e. The van der Waals surface area contributed by atoms with E-state index < -0.39 is 15.8 Å². The molecule has 0 aliphatic carbocycles. The molecular weight excluding hydrogens is 435 g/mol. The molecule has 0 atom stereocenters. The van der Waals surface area contributed by atoms with Gasteiger partial charge in [0.25, 0.3) is 0 Å². The Balaban J connectivity index is 1.30. The number of halogens is 1. The van der Waals surface area contributed by atoms with Gasteiger partial charge in [0, 0.05) is 42.9 Å². The largest absolute Gasteiger partial charge is 0.454 e. The molecule has 7 nitrogen and oxygen atoms in total. The fourth-order valence-corrected chi connectivity index (χ4v) is 5.97. The number of nitrogens with zero attached hydrogens (tertiary/aromatic N) is 1. The summed E-state index contributed by atoms with van der Waals surface area (Å²) in [6.07, 6.45) is 3.23. The van der Waals surface area contributed by atoms with Crippen LogP contribution < -0.4 is 14.8 Å². The molecule has 168 valence electrons. The van der Waals surface area contributed by atoms with Crippen LogP contribution >= 0.6 is 0 Å². The van der Waals surface area contributed by atoms with Crippen molar-refractivity contribution in [3.05, 3.63) is 59.4 Å². The van der Waals surface area contributed by atoms with E-state index in [0.717, 1.165) is 35.1 Å². The van der Waals surface area contributed by atoms with E-state index in [1.165, 1.54) is 22.5 Å². The first kappa shape index (κ1) is 21.0. The summed E-state index contributed by atoms with van der Waals surface area (Å²) in [5, 5.41) is 3.29. The summed E-state index contributed by atoms with van der Waals surface area (Å²) in [5.41, 5.74) is 2.77. The highest BCUT2D eigenvalue weighted by molar-refractivity contribution is 7.89. The van der Waals surface area contributed by atoms with Crippen LogP contribution in [-0.4, -0.2) is 44.9 Å². The summed E-state index contributed by atoms with van der Waals surface area (Å²) in [6, 6.07) is 9.22. The Bertz CT molecular complexity index is 1200. The van der Waals surface area contributed by atoms with Crippen molar-refractivity contribution in [2.75, 3.05) is 26.4 Å². The van der Waals surface area contributed by atoms with Crippen molar-refractivity contribution in [1.29, 1.82) is 0 Å². The monoisotopic (exact) mass is 458 g/mol. The molecule has 0 radical (unpaired) electrons. The van der Waals surface area contributed by atoms with Gasteiger partial charge in [0.15, 0.2) is 17.3 Å². The minimum atomic E-state index is -3.92. The fourth-order valence-electron chi connectivity index (χ4n) is 4.43. The second-order valence-electron chi connectivity index (χ2n) is 8.11. The van der Waals surface area contributed by atoms with Gasteiger partial charge in [-0.3, -0.25) is 4.79 Å². The molecule has 3 aliphatic rings. The molecule has 0 bridgehead atoms. The van der Waals surface area contributed by atoms with Crippen LogP contribution in [0.2, 0.25) is 0 Å². The Kier molecular flexibility index (Phi) is 5.38. The maximum absolute atomic E-state index is 14.0. The summed E-state index contributed by atoms with van der Waals surface area (Å²) in [5.74, 6) is 0.298. The van der Waals surface area contributed by atoms with Crippen molar-refractivity contribution in [2.45, 2.75) is 24.2 Å². The number of ketones is 1. The molecule has 9 heteroatoms. The van der Waals surface area contributed by atoms with Gasteiger partial charge in [-0.1, -0.05) is 12.1 Å². The van der Waals surface area contributed by atoms with Crippen LogP contribution in [0.4, 0.5) is 4.39 Å². The Morgan fingerprint density at radius 2 is 1.84 bits per heavy atom. The predicted octanol–water partition coefficient (Wildman–Crippen LogP) is 2.71. The van der Waals surface area contributed by atoms with Crippen LogP contribution in [0.5, 0.6) is 11.5 Å². The lowest BCUT2D eigenvalue weighted by Gasteiger charge is -2.30. The Hall–Kier alpha value is -2.91. The Morgan fingerprint density at radius 3 is 2.59 bits per heavy atom. The molecule has 2 aromatic rings. The molecular formula is C23H23FN2O5S. The SMILES string of the molecule is O=C(C=C1NCCc2cc3c(cc21)OCO3)C1CCN(S(=O)(=O)c2ccccc2F)CC1. The molecule has 0 spiro atoms. The molecule has 32 heavy (non-hydrogen) atoms. The smallest absolute Gasteiger partial charge is 0.245 e. The Morgan fingerprint density at radius 1 is 1.12 bits per heavy atom. The number of rotatable bonds is 4. The molecule has 3 heterocycles. The van der Waals surface area contributed by atoms with Gasteiger partial charge < -0.3 is 14.8 Å². The quantitative estimate of drug-likeness (QED) is 0.710. The van der Waals surface area contributed by atoms with Gasteiger partial charge in [0.05, 0.1) is 0 Å². The predicted molar refractivity (Wildman–Crippen MR) is 115 cm³/mol. The summed E-state index contributed by atoms with van der Waals surface area (Å²) >= 11 is 0. The number of piperidine rings is 1. The first-order chi connectivity index (χ1) is 15.4. The van der Waals surface area contributed by atoms with Gasteiger partial charge in [-0.25, -0.2) is 12.8 Å². The lowest BCUT2D eigenvalue weighted by Crippen LogP contribution is -2.40. The molecule has 2 aromatic carbocycles. The van der Waals surface area contributed by atoms with E-state index in [2.05, 4.69) is 5.32 Å². The molecule has 0 saturated carbocycles. The van der Waals surface area contributed by atoms with Gasteiger partial charge in [-0.2, -0.15) is 4.31 Å².